The first kappa shape index (κ1) is 33.4. The van der Waals surface area contributed by atoms with Gasteiger partial charge in [-0.25, -0.2) is 23.3 Å². The average molecular weight is 597 g/mol. The molecule has 3 rings (SSSR count). The molecule has 4 heteroatoms. The molecule has 1 aromatic carbocycles. The van der Waals surface area contributed by atoms with Crippen LogP contribution in [0.25, 0.3) is 0 Å². The first-order chi connectivity index (χ1) is 13.3. The summed E-state index contributed by atoms with van der Waals surface area (Å²) in [5, 5.41) is 0. The summed E-state index contributed by atoms with van der Waals surface area (Å²) < 4.78 is 1.62. The Morgan fingerprint density at radius 2 is 1.10 bits per heavy atom. The Morgan fingerprint density at radius 1 is 0.742 bits per heavy atom. The third kappa shape index (κ3) is 13.5. The standard InChI is InChI=1S/2C10H15.C7H8Ge.2ClH.Zr/c2*1-8-5-6-9(7-8)10(2,3)4;1-8-7-5-3-2-4-6-7;;;/h2*7H,6H2,1-4H3;2-6H,1H3;2*1H;/q2*-1;;;;+2/p-2. The van der Waals surface area contributed by atoms with Crippen molar-refractivity contribution in [2.24, 2.45) is 10.8 Å². The topological polar surface area (TPSA) is 0 Å². The van der Waals surface area contributed by atoms with Crippen molar-refractivity contribution >= 4 is 14.4 Å². The van der Waals surface area contributed by atoms with Gasteiger partial charge in [-0.05, 0) is 10.8 Å². The van der Waals surface area contributed by atoms with Crippen LogP contribution in [0.5, 0.6) is 0 Å². The fourth-order valence-electron chi connectivity index (χ4n) is 2.85. The molecule has 170 valence electrons. The van der Waals surface area contributed by atoms with E-state index in [0.717, 1.165) is 12.8 Å². The van der Waals surface area contributed by atoms with Crippen molar-refractivity contribution in [3.63, 3.8) is 0 Å². The number of halogens is 2. The molecule has 0 nitrogen and oxygen atoms in total. The fraction of sp³-hybridized carbons (Fsp3) is 0.481. The summed E-state index contributed by atoms with van der Waals surface area (Å²) in [4.78, 5) is 0. The first-order valence-corrected chi connectivity index (χ1v) is 21.1. The molecule has 0 heterocycles. The number of hydrogen-bond acceptors (Lipinski definition) is 0. The van der Waals surface area contributed by atoms with Crippen molar-refractivity contribution < 1.29 is 46.4 Å². The van der Waals surface area contributed by atoms with Gasteiger partial charge in [0.2, 0.25) is 0 Å². The zero-order valence-electron chi connectivity index (χ0n) is 20.7. The van der Waals surface area contributed by atoms with Gasteiger partial charge in [0.1, 0.15) is 0 Å². The van der Waals surface area contributed by atoms with Gasteiger partial charge in [0.25, 0.3) is 0 Å². The van der Waals surface area contributed by atoms with E-state index >= 15 is 0 Å². The third-order valence-electron chi connectivity index (χ3n) is 5.03. The molecule has 2 aliphatic rings. The summed E-state index contributed by atoms with van der Waals surface area (Å²) in [6.07, 6.45) is 13.2. The van der Waals surface area contributed by atoms with Gasteiger partial charge in [-0.2, -0.15) is 11.1 Å². The van der Waals surface area contributed by atoms with E-state index in [2.05, 4.69) is 116 Å². The first-order valence-electron chi connectivity index (χ1n) is 10.5. The summed E-state index contributed by atoms with van der Waals surface area (Å²) in [6, 6.07) is 10.9. The molecule has 0 fully saturated rings. The smallest absolute Gasteiger partial charge is 1.00 e. The Morgan fingerprint density at radius 3 is 1.26 bits per heavy atom. The molecule has 0 radical (unpaired) electrons. The molecule has 0 aliphatic heterocycles. The molecule has 0 aromatic heterocycles. The summed E-state index contributed by atoms with van der Waals surface area (Å²) in [5.41, 5.74) is 6.28. The molecule has 2 aliphatic carbocycles. The maximum atomic E-state index is 3.30. The van der Waals surface area contributed by atoms with Gasteiger partial charge in [0.15, 0.2) is 0 Å². The molecular weight excluding hydrogens is 559 g/mol. The van der Waals surface area contributed by atoms with Gasteiger partial charge in [-0.3, -0.25) is 12.2 Å². The molecule has 0 saturated carbocycles. The van der Waals surface area contributed by atoms with Gasteiger partial charge >= 0.3 is 72.1 Å². The predicted octanol–water partition coefficient (Wildman–Crippen LogP) is 1.29. The maximum absolute atomic E-state index is 3.30. The van der Waals surface area contributed by atoms with E-state index in [4.69, 9.17) is 0 Å². The summed E-state index contributed by atoms with van der Waals surface area (Å²) in [6.45, 7) is 17.7. The molecule has 0 bridgehead atoms. The average Bonchev–Trinajstić information content (AvgIpc) is 3.25. The SMILES string of the molecule is CC1=[C-]CC(C(C)(C)C)=C1.CC1=[C-]CC(C(C)(C)C)=C1.[CH3][Ge](=[Zr+2])[c]1ccccc1.[Cl-].[Cl-]. The molecule has 0 saturated heterocycles. The zero-order valence-corrected chi connectivity index (χ0v) is 26.8. The third-order valence-corrected chi connectivity index (χ3v) is 11.2. The summed E-state index contributed by atoms with van der Waals surface area (Å²) in [5.74, 6) is 2.41. The van der Waals surface area contributed by atoms with Crippen molar-refractivity contribution in [1.82, 2.24) is 0 Å². The van der Waals surface area contributed by atoms with Gasteiger partial charge in [0, 0.05) is 0 Å². The molecule has 31 heavy (non-hydrogen) atoms. The van der Waals surface area contributed by atoms with Gasteiger partial charge < -0.3 is 24.8 Å². The maximum Gasteiger partial charge on any atom is -1.00 e. The second-order valence-corrected chi connectivity index (χ2v) is 23.3. The van der Waals surface area contributed by atoms with E-state index in [1.807, 2.05) is 0 Å². The Kier molecular flexibility index (Phi) is 16.3. The van der Waals surface area contributed by atoms with Crippen LogP contribution in [-0.4, -0.2) is 9.98 Å². The fourth-order valence-corrected chi connectivity index (χ4v) is 6.43. The van der Waals surface area contributed by atoms with Crippen LogP contribution < -0.4 is 29.2 Å². The van der Waals surface area contributed by atoms with Crippen LogP contribution >= 0.6 is 0 Å². The van der Waals surface area contributed by atoms with Crippen molar-refractivity contribution in [1.29, 1.82) is 0 Å². The number of rotatable bonds is 1. The minimum Gasteiger partial charge on any atom is -1.00 e. The molecular formula is C27H38Cl2GeZr-2. The largest absolute Gasteiger partial charge is 1.00 e. The van der Waals surface area contributed by atoms with Crippen molar-refractivity contribution in [3.05, 3.63) is 76.9 Å². The van der Waals surface area contributed by atoms with Crippen LogP contribution in [0.3, 0.4) is 0 Å². The Balaban J connectivity index is 0. The second kappa shape index (κ2) is 15.2. The van der Waals surface area contributed by atoms with Crippen LogP contribution in [0.1, 0.15) is 68.2 Å². The summed E-state index contributed by atoms with van der Waals surface area (Å²) >= 11 is 1.76. The van der Waals surface area contributed by atoms with E-state index in [-0.39, 0.29) is 24.8 Å². The normalized spacial score (nSPS) is 14.8. The minimum atomic E-state index is -0.676. The van der Waals surface area contributed by atoms with Gasteiger partial charge in [-0.15, -0.1) is 12.8 Å². The van der Waals surface area contributed by atoms with Crippen molar-refractivity contribution in [2.75, 3.05) is 0 Å². The zero-order chi connectivity index (χ0) is 22.2. The molecule has 1 aromatic rings. The van der Waals surface area contributed by atoms with E-state index in [1.165, 1.54) is 22.3 Å². The minimum absolute atomic E-state index is 0. The Labute approximate surface area is 220 Å². The predicted molar refractivity (Wildman–Crippen MR) is 127 cm³/mol. The van der Waals surface area contributed by atoms with E-state index < -0.39 is 9.98 Å². The second-order valence-electron chi connectivity index (χ2n) is 9.90. The van der Waals surface area contributed by atoms with Crippen molar-refractivity contribution in [2.45, 2.75) is 74.0 Å². The summed E-state index contributed by atoms with van der Waals surface area (Å²) in [7, 11) is -0.676. The van der Waals surface area contributed by atoms with Gasteiger partial charge in [-0.1, -0.05) is 55.4 Å². The molecule has 0 N–H and O–H groups in total. The Hall–Kier alpha value is 0.186. The van der Waals surface area contributed by atoms with E-state index in [1.54, 1.807) is 26.0 Å². The van der Waals surface area contributed by atoms with Crippen LogP contribution in [0, 0.1) is 23.0 Å². The van der Waals surface area contributed by atoms with Crippen molar-refractivity contribution in [3.8, 4) is 0 Å². The monoisotopic (exact) mass is 596 g/mol. The molecule has 0 atom stereocenters. The van der Waals surface area contributed by atoms with Crippen LogP contribution in [-0.2, 0) is 21.6 Å². The van der Waals surface area contributed by atoms with Crippen LogP contribution in [0.15, 0.2) is 64.8 Å². The Bertz CT molecular complexity index is 771. The number of hydrogen-bond donors (Lipinski definition) is 0. The van der Waals surface area contributed by atoms with E-state index in [9.17, 15) is 0 Å². The van der Waals surface area contributed by atoms with Gasteiger partial charge in [0.05, 0.1) is 0 Å². The number of benzene rings is 1. The molecule has 0 spiro atoms. The van der Waals surface area contributed by atoms with Crippen LogP contribution in [0.2, 0.25) is 5.76 Å². The molecule has 0 unspecified atom stereocenters. The van der Waals surface area contributed by atoms with E-state index in [0.29, 0.717) is 10.8 Å². The van der Waals surface area contributed by atoms with Crippen LogP contribution in [0.4, 0.5) is 0 Å². The molecule has 0 amide bonds. The number of allylic oxidation sites excluding steroid dienone is 8. The quantitative estimate of drug-likeness (QED) is 0.339.